The molecule has 2 rings (SSSR count). The number of nitrogens with zero attached hydrogens (tertiary/aromatic N) is 1. The fraction of sp³-hybridized carbons (Fsp3) is 0.154. The van der Waals surface area contributed by atoms with Crippen molar-refractivity contribution in [3.63, 3.8) is 0 Å². The zero-order valence-corrected chi connectivity index (χ0v) is 10.8. The lowest BCUT2D eigenvalue weighted by Gasteiger charge is -2.12. The number of hydrogen-bond acceptors (Lipinski definition) is 2. The highest BCUT2D eigenvalue weighted by Gasteiger charge is 2.12. The molecule has 94 valence electrons. The lowest BCUT2D eigenvalue weighted by Crippen LogP contribution is -2.02. The molecule has 0 fully saturated rings. The molecule has 18 heavy (non-hydrogen) atoms. The molecule has 0 aliphatic heterocycles. The van der Waals surface area contributed by atoms with Gasteiger partial charge in [0.2, 0.25) is 0 Å². The highest BCUT2D eigenvalue weighted by molar-refractivity contribution is 6.31. The second kappa shape index (κ2) is 5.65. The van der Waals surface area contributed by atoms with Crippen LogP contribution >= 0.6 is 23.2 Å². The van der Waals surface area contributed by atoms with Crippen molar-refractivity contribution in [3.05, 3.63) is 63.6 Å². The smallest absolute Gasteiger partial charge is 0.129 e. The van der Waals surface area contributed by atoms with E-state index in [2.05, 4.69) is 4.98 Å². The third-order valence-corrected chi connectivity index (χ3v) is 3.12. The van der Waals surface area contributed by atoms with Gasteiger partial charge in [-0.05, 0) is 35.4 Å². The largest absolute Gasteiger partial charge is 0.388 e. The molecule has 0 amide bonds. The van der Waals surface area contributed by atoms with E-state index in [1.165, 1.54) is 18.3 Å². The van der Waals surface area contributed by atoms with E-state index < -0.39 is 11.9 Å². The molecule has 0 saturated carbocycles. The van der Waals surface area contributed by atoms with E-state index in [1.54, 1.807) is 18.2 Å². The Hall–Kier alpha value is -1.16. The van der Waals surface area contributed by atoms with Gasteiger partial charge in [0.15, 0.2) is 0 Å². The van der Waals surface area contributed by atoms with Crippen LogP contribution in [-0.4, -0.2) is 10.1 Å². The maximum Gasteiger partial charge on any atom is 0.129 e. The summed E-state index contributed by atoms with van der Waals surface area (Å²) in [7, 11) is 0. The predicted octanol–water partition coefficient (Wildman–Crippen LogP) is 3.80. The molecular formula is C13H10Cl2FNO. The fourth-order valence-corrected chi connectivity index (χ4v) is 2.06. The van der Waals surface area contributed by atoms with Gasteiger partial charge < -0.3 is 5.11 Å². The Labute approximate surface area is 114 Å². The Morgan fingerprint density at radius 1 is 1.22 bits per heavy atom. The normalized spacial score (nSPS) is 12.4. The summed E-state index contributed by atoms with van der Waals surface area (Å²) in [5.41, 5.74) is 1.33. The summed E-state index contributed by atoms with van der Waals surface area (Å²) >= 11 is 11.6. The van der Waals surface area contributed by atoms with E-state index in [0.717, 1.165) is 0 Å². The average molecular weight is 286 g/mol. The van der Waals surface area contributed by atoms with E-state index >= 15 is 0 Å². The number of aromatic nitrogens is 1. The molecule has 1 aromatic carbocycles. The number of hydrogen-bond donors (Lipinski definition) is 1. The number of aliphatic hydroxyl groups excluding tert-OH is 1. The topological polar surface area (TPSA) is 33.1 Å². The highest BCUT2D eigenvalue weighted by Crippen LogP contribution is 2.25. The molecule has 5 heteroatoms. The van der Waals surface area contributed by atoms with Crippen molar-refractivity contribution in [2.45, 2.75) is 12.5 Å². The maximum absolute atomic E-state index is 12.9. The van der Waals surface area contributed by atoms with E-state index in [0.29, 0.717) is 27.7 Å². The van der Waals surface area contributed by atoms with Crippen molar-refractivity contribution in [3.8, 4) is 0 Å². The van der Waals surface area contributed by atoms with Gasteiger partial charge in [0.05, 0.1) is 6.10 Å². The van der Waals surface area contributed by atoms with Gasteiger partial charge in [-0.3, -0.25) is 0 Å². The van der Waals surface area contributed by atoms with Crippen LogP contribution in [0.4, 0.5) is 4.39 Å². The lowest BCUT2D eigenvalue weighted by atomic mass is 10.0. The van der Waals surface area contributed by atoms with Gasteiger partial charge >= 0.3 is 0 Å². The standard InChI is InChI=1S/C13H10Cl2FNO/c14-11-7-10(16)2-1-8(11)5-12(18)9-3-4-17-13(15)6-9/h1-4,6-7,12,18H,5H2. The number of benzene rings is 1. The van der Waals surface area contributed by atoms with Crippen LogP contribution in [0.5, 0.6) is 0 Å². The highest BCUT2D eigenvalue weighted by atomic mass is 35.5. The summed E-state index contributed by atoms with van der Waals surface area (Å²) in [5, 5.41) is 10.7. The van der Waals surface area contributed by atoms with Crippen molar-refractivity contribution in [2.75, 3.05) is 0 Å². The minimum Gasteiger partial charge on any atom is -0.388 e. The van der Waals surface area contributed by atoms with E-state index in [9.17, 15) is 9.50 Å². The van der Waals surface area contributed by atoms with Crippen LogP contribution in [0.2, 0.25) is 10.2 Å². The summed E-state index contributed by atoms with van der Waals surface area (Å²) in [6.07, 6.45) is 1.06. The van der Waals surface area contributed by atoms with Gasteiger partial charge in [0, 0.05) is 17.6 Å². The summed E-state index contributed by atoms with van der Waals surface area (Å²) in [6.45, 7) is 0. The Bertz CT molecular complexity index is 562. The zero-order chi connectivity index (χ0) is 13.1. The minimum atomic E-state index is -0.756. The van der Waals surface area contributed by atoms with Crippen LogP contribution in [-0.2, 0) is 6.42 Å². The molecule has 2 aromatic rings. The quantitative estimate of drug-likeness (QED) is 0.870. The first-order chi connectivity index (χ1) is 8.56. The van der Waals surface area contributed by atoms with Gasteiger partial charge in [-0.15, -0.1) is 0 Å². The molecule has 0 saturated heterocycles. The van der Waals surface area contributed by atoms with Gasteiger partial charge in [-0.1, -0.05) is 29.3 Å². The summed E-state index contributed by atoms with van der Waals surface area (Å²) < 4.78 is 12.9. The molecule has 0 bridgehead atoms. The van der Waals surface area contributed by atoms with Gasteiger partial charge in [-0.25, -0.2) is 9.37 Å². The molecule has 1 atom stereocenters. The van der Waals surface area contributed by atoms with Crippen LogP contribution in [0.3, 0.4) is 0 Å². The molecule has 1 aromatic heterocycles. The number of pyridine rings is 1. The van der Waals surface area contributed by atoms with E-state index in [4.69, 9.17) is 23.2 Å². The van der Waals surface area contributed by atoms with Crippen molar-refractivity contribution < 1.29 is 9.50 Å². The average Bonchev–Trinajstić information content (AvgIpc) is 2.32. The van der Waals surface area contributed by atoms with Crippen LogP contribution in [0.25, 0.3) is 0 Å². The van der Waals surface area contributed by atoms with Crippen molar-refractivity contribution in [2.24, 2.45) is 0 Å². The SMILES string of the molecule is OC(Cc1ccc(F)cc1Cl)c1ccnc(Cl)c1. The molecule has 1 unspecified atom stereocenters. The van der Waals surface area contributed by atoms with Crippen LogP contribution < -0.4 is 0 Å². The zero-order valence-electron chi connectivity index (χ0n) is 9.28. The molecule has 0 spiro atoms. The predicted molar refractivity (Wildman–Crippen MR) is 69.3 cm³/mol. The van der Waals surface area contributed by atoms with Crippen molar-refractivity contribution in [1.82, 2.24) is 4.98 Å². The van der Waals surface area contributed by atoms with Crippen LogP contribution in [0.1, 0.15) is 17.2 Å². The molecule has 2 nitrogen and oxygen atoms in total. The fourth-order valence-electron chi connectivity index (χ4n) is 1.64. The van der Waals surface area contributed by atoms with E-state index in [1.807, 2.05) is 0 Å². The molecular weight excluding hydrogens is 276 g/mol. The molecule has 1 heterocycles. The monoisotopic (exact) mass is 285 g/mol. The Morgan fingerprint density at radius 2 is 2.00 bits per heavy atom. The Balaban J connectivity index is 2.18. The summed E-state index contributed by atoms with van der Waals surface area (Å²) in [4.78, 5) is 3.84. The Morgan fingerprint density at radius 3 is 2.67 bits per heavy atom. The van der Waals surface area contributed by atoms with E-state index in [-0.39, 0.29) is 0 Å². The first-order valence-electron chi connectivity index (χ1n) is 5.29. The molecule has 1 N–H and O–H groups in total. The van der Waals surface area contributed by atoms with Crippen molar-refractivity contribution in [1.29, 1.82) is 0 Å². The maximum atomic E-state index is 12.9. The molecule has 0 radical (unpaired) electrons. The molecule has 0 aliphatic rings. The summed E-state index contributed by atoms with van der Waals surface area (Å²) in [5.74, 6) is -0.398. The third-order valence-electron chi connectivity index (χ3n) is 2.56. The third kappa shape index (κ3) is 3.19. The van der Waals surface area contributed by atoms with Gasteiger partial charge in [0.25, 0.3) is 0 Å². The second-order valence-electron chi connectivity index (χ2n) is 3.87. The van der Waals surface area contributed by atoms with Gasteiger partial charge in [-0.2, -0.15) is 0 Å². The van der Waals surface area contributed by atoms with Crippen LogP contribution in [0.15, 0.2) is 36.5 Å². The first kappa shape index (κ1) is 13.3. The second-order valence-corrected chi connectivity index (χ2v) is 4.66. The van der Waals surface area contributed by atoms with Crippen molar-refractivity contribution >= 4 is 23.2 Å². The number of aliphatic hydroxyl groups is 1. The first-order valence-corrected chi connectivity index (χ1v) is 6.05. The van der Waals surface area contributed by atoms with Gasteiger partial charge in [0.1, 0.15) is 11.0 Å². The Kier molecular flexibility index (Phi) is 4.17. The summed E-state index contributed by atoms with van der Waals surface area (Å²) in [6, 6.07) is 7.36. The number of rotatable bonds is 3. The number of halogens is 3. The molecule has 0 aliphatic carbocycles. The van der Waals surface area contributed by atoms with Crippen LogP contribution in [0, 0.1) is 5.82 Å². The minimum absolute atomic E-state index is 0.291. The lowest BCUT2D eigenvalue weighted by molar-refractivity contribution is 0.178.